The first-order chi connectivity index (χ1) is 9.81. The second-order valence-electron chi connectivity index (χ2n) is 4.34. The minimum absolute atomic E-state index is 0.481. The van der Waals surface area contributed by atoms with E-state index in [-0.39, 0.29) is 0 Å². The molecule has 1 aromatic carbocycles. The molecule has 0 aromatic heterocycles. The van der Waals surface area contributed by atoms with Crippen molar-refractivity contribution in [3.8, 4) is 11.5 Å². The van der Waals surface area contributed by atoms with Gasteiger partial charge in [-0.1, -0.05) is 18.7 Å². The molecule has 0 unspecified atom stereocenters. The maximum atomic E-state index is 5.61. The number of methoxy groups -OCH3 is 1. The Balaban J connectivity index is 2.54. The minimum atomic E-state index is 0.481. The monoisotopic (exact) mass is 279 g/mol. The summed E-state index contributed by atoms with van der Waals surface area (Å²) >= 11 is 0. The summed E-state index contributed by atoms with van der Waals surface area (Å²) in [6.07, 6.45) is 2.73. The van der Waals surface area contributed by atoms with Gasteiger partial charge in [0, 0.05) is 20.3 Å². The van der Waals surface area contributed by atoms with Gasteiger partial charge in [0.2, 0.25) is 0 Å². The largest absolute Gasteiger partial charge is 0.490 e. The van der Waals surface area contributed by atoms with E-state index in [4.69, 9.17) is 14.2 Å². The molecule has 1 N–H and O–H groups in total. The van der Waals surface area contributed by atoms with Crippen LogP contribution in [0, 0.1) is 0 Å². The highest BCUT2D eigenvalue weighted by Gasteiger charge is 2.06. The summed E-state index contributed by atoms with van der Waals surface area (Å²) in [6.45, 7) is 9.25. The molecule has 0 saturated heterocycles. The Kier molecular flexibility index (Phi) is 8.51. The van der Waals surface area contributed by atoms with Crippen LogP contribution in [0.2, 0.25) is 0 Å². The lowest BCUT2D eigenvalue weighted by Gasteiger charge is -2.13. The summed E-state index contributed by atoms with van der Waals surface area (Å²) in [5.41, 5.74) is 1.18. The van der Waals surface area contributed by atoms with Crippen LogP contribution in [0.15, 0.2) is 30.9 Å². The standard InChI is InChI=1S/C16H25NO3/c1-4-10-20-15-8-7-14(12-16(15)19-5-2)13-17-9-6-11-18-3/h4,7-8,12,17H,1,5-6,9-11,13H2,2-3H3. The van der Waals surface area contributed by atoms with Crippen molar-refractivity contribution >= 4 is 0 Å². The van der Waals surface area contributed by atoms with Gasteiger partial charge < -0.3 is 19.5 Å². The lowest BCUT2D eigenvalue weighted by molar-refractivity contribution is 0.194. The Bertz CT molecular complexity index is 393. The second-order valence-corrected chi connectivity index (χ2v) is 4.34. The first-order valence-electron chi connectivity index (χ1n) is 7.00. The van der Waals surface area contributed by atoms with E-state index in [1.165, 1.54) is 5.56 Å². The minimum Gasteiger partial charge on any atom is -0.490 e. The Labute approximate surface area is 121 Å². The van der Waals surface area contributed by atoms with Crippen molar-refractivity contribution in [2.75, 3.05) is 33.5 Å². The number of hydrogen-bond donors (Lipinski definition) is 1. The molecule has 0 saturated carbocycles. The molecule has 1 aromatic rings. The molecule has 0 aliphatic carbocycles. The molecule has 0 radical (unpaired) electrons. The lowest BCUT2D eigenvalue weighted by atomic mass is 10.2. The van der Waals surface area contributed by atoms with E-state index in [1.54, 1.807) is 13.2 Å². The SMILES string of the molecule is C=CCOc1ccc(CNCCCOC)cc1OCC. The molecule has 20 heavy (non-hydrogen) atoms. The van der Waals surface area contributed by atoms with Gasteiger partial charge in [-0.3, -0.25) is 0 Å². The topological polar surface area (TPSA) is 39.7 Å². The zero-order chi connectivity index (χ0) is 14.6. The summed E-state index contributed by atoms with van der Waals surface area (Å²) in [6, 6.07) is 6.01. The second kappa shape index (κ2) is 10.3. The smallest absolute Gasteiger partial charge is 0.161 e. The van der Waals surface area contributed by atoms with E-state index in [9.17, 15) is 0 Å². The Morgan fingerprint density at radius 2 is 2.10 bits per heavy atom. The number of ether oxygens (including phenoxy) is 3. The summed E-state index contributed by atoms with van der Waals surface area (Å²) < 4.78 is 16.2. The van der Waals surface area contributed by atoms with Crippen LogP contribution in [-0.4, -0.2) is 33.5 Å². The highest BCUT2D eigenvalue weighted by Crippen LogP contribution is 2.28. The summed E-state index contributed by atoms with van der Waals surface area (Å²) in [4.78, 5) is 0. The van der Waals surface area contributed by atoms with E-state index in [1.807, 2.05) is 25.1 Å². The Morgan fingerprint density at radius 3 is 2.80 bits per heavy atom. The van der Waals surface area contributed by atoms with Crippen molar-refractivity contribution in [3.05, 3.63) is 36.4 Å². The zero-order valence-corrected chi connectivity index (χ0v) is 12.5. The summed E-state index contributed by atoms with van der Waals surface area (Å²) in [7, 11) is 1.72. The van der Waals surface area contributed by atoms with Crippen molar-refractivity contribution < 1.29 is 14.2 Å². The van der Waals surface area contributed by atoms with Gasteiger partial charge in [-0.25, -0.2) is 0 Å². The van der Waals surface area contributed by atoms with Crippen LogP contribution in [0.1, 0.15) is 18.9 Å². The maximum absolute atomic E-state index is 5.61. The fraction of sp³-hybridized carbons (Fsp3) is 0.500. The van der Waals surface area contributed by atoms with Gasteiger partial charge in [0.1, 0.15) is 6.61 Å². The first kappa shape index (κ1) is 16.5. The molecule has 0 aliphatic rings. The van der Waals surface area contributed by atoms with Crippen molar-refractivity contribution in [2.45, 2.75) is 19.9 Å². The van der Waals surface area contributed by atoms with Gasteiger partial charge in [-0.05, 0) is 37.6 Å². The number of nitrogens with one attached hydrogen (secondary N) is 1. The predicted molar refractivity (Wildman–Crippen MR) is 81.5 cm³/mol. The summed E-state index contributed by atoms with van der Waals surface area (Å²) in [5.74, 6) is 1.54. The summed E-state index contributed by atoms with van der Waals surface area (Å²) in [5, 5.41) is 3.38. The van der Waals surface area contributed by atoms with E-state index >= 15 is 0 Å². The highest BCUT2D eigenvalue weighted by atomic mass is 16.5. The lowest BCUT2D eigenvalue weighted by Crippen LogP contribution is -2.16. The average molecular weight is 279 g/mol. The molecule has 0 atom stereocenters. The molecule has 0 spiro atoms. The molecular weight excluding hydrogens is 254 g/mol. The van der Waals surface area contributed by atoms with E-state index < -0.39 is 0 Å². The highest BCUT2D eigenvalue weighted by molar-refractivity contribution is 5.43. The number of hydrogen-bond acceptors (Lipinski definition) is 4. The molecular formula is C16H25NO3. The van der Waals surface area contributed by atoms with Gasteiger partial charge in [-0.2, -0.15) is 0 Å². The van der Waals surface area contributed by atoms with Crippen molar-refractivity contribution in [2.24, 2.45) is 0 Å². The third-order valence-electron chi connectivity index (χ3n) is 2.70. The molecule has 0 bridgehead atoms. The Morgan fingerprint density at radius 1 is 1.25 bits per heavy atom. The molecule has 0 fully saturated rings. The third kappa shape index (κ3) is 6.08. The Hall–Kier alpha value is -1.52. The molecule has 0 heterocycles. The molecule has 0 amide bonds. The fourth-order valence-electron chi connectivity index (χ4n) is 1.77. The van der Waals surface area contributed by atoms with Crippen molar-refractivity contribution in [1.29, 1.82) is 0 Å². The molecule has 4 heteroatoms. The van der Waals surface area contributed by atoms with Gasteiger partial charge in [-0.15, -0.1) is 0 Å². The van der Waals surface area contributed by atoms with Crippen LogP contribution >= 0.6 is 0 Å². The number of rotatable bonds is 11. The third-order valence-corrected chi connectivity index (χ3v) is 2.70. The van der Waals surface area contributed by atoms with E-state index in [2.05, 4.69) is 11.9 Å². The van der Waals surface area contributed by atoms with Gasteiger partial charge in [0.25, 0.3) is 0 Å². The molecule has 112 valence electrons. The maximum Gasteiger partial charge on any atom is 0.161 e. The van der Waals surface area contributed by atoms with E-state index in [0.717, 1.165) is 37.6 Å². The van der Waals surface area contributed by atoms with Crippen LogP contribution < -0.4 is 14.8 Å². The van der Waals surface area contributed by atoms with Crippen molar-refractivity contribution in [3.63, 3.8) is 0 Å². The van der Waals surface area contributed by atoms with E-state index in [0.29, 0.717) is 13.2 Å². The fourth-order valence-corrected chi connectivity index (χ4v) is 1.77. The van der Waals surface area contributed by atoms with Gasteiger partial charge >= 0.3 is 0 Å². The van der Waals surface area contributed by atoms with Crippen LogP contribution in [0.5, 0.6) is 11.5 Å². The zero-order valence-electron chi connectivity index (χ0n) is 12.5. The van der Waals surface area contributed by atoms with Gasteiger partial charge in [0.05, 0.1) is 6.61 Å². The molecule has 1 rings (SSSR count). The van der Waals surface area contributed by atoms with Crippen LogP contribution in [0.25, 0.3) is 0 Å². The predicted octanol–water partition coefficient (Wildman–Crippen LogP) is 2.78. The number of benzene rings is 1. The van der Waals surface area contributed by atoms with Crippen LogP contribution in [0.4, 0.5) is 0 Å². The normalized spacial score (nSPS) is 10.3. The molecule has 4 nitrogen and oxygen atoms in total. The molecule has 0 aliphatic heterocycles. The van der Waals surface area contributed by atoms with Crippen LogP contribution in [-0.2, 0) is 11.3 Å². The quantitative estimate of drug-likeness (QED) is 0.499. The van der Waals surface area contributed by atoms with Gasteiger partial charge in [0.15, 0.2) is 11.5 Å². The first-order valence-corrected chi connectivity index (χ1v) is 7.00. The van der Waals surface area contributed by atoms with Crippen molar-refractivity contribution in [1.82, 2.24) is 5.32 Å². The van der Waals surface area contributed by atoms with Crippen LogP contribution in [0.3, 0.4) is 0 Å². The average Bonchev–Trinajstić information content (AvgIpc) is 2.46.